The maximum Gasteiger partial charge on any atom is 0.307 e. The van der Waals surface area contributed by atoms with E-state index >= 15 is 0 Å². The lowest BCUT2D eigenvalue weighted by atomic mass is 10.2. The zero-order valence-electron chi connectivity index (χ0n) is 10.1. The average Bonchev–Trinajstić information content (AvgIpc) is 2.28. The normalized spacial score (nSPS) is 12.9. The molecule has 1 N–H and O–H groups in total. The highest BCUT2D eigenvalue weighted by Gasteiger charge is 2.21. The molecular formula is C11H13NO6S. The largest absolute Gasteiger partial charge is 0.481 e. The molecule has 0 amide bonds. The third-order valence-electron chi connectivity index (χ3n) is 2.46. The number of hydrogen-bond acceptors (Lipinski definition) is 5. The Morgan fingerprint density at radius 2 is 1.89 bits per heavy atom. The van der Waals surface area contributed by atoms with Crippen LogP contribution in [0.5, 0.6) is 0 Å². The summed E-state index contributed by atoms with van der Waals surface area (Å²) in [5, 5.41) is 19.1. The van der Waals surface area contributed by atoms with E-state index in [1.807, 2.05) is 0 Å². The van der Waals surface area contributed by atoms with Gasteiger partial charge in [-0.3, -0.25) is 14.9 Å². The molecule has 1 unspecified atom stereocenters. The van der Waals surface area contributed by atoms with Crippen LogP contribution >= 0.6 is 0 Å². The lowest BCUT2D eigenvalue weighted by molar-refractivity contribution is -0.384. The van der Waals surface area contributed by atoms with Crippen molar-refractivity contribution in [3.8, 4) is 0 Å². The number of sulfone groups is 1. The number of nitrogens with zero attached hydrogens (tertiary/aromatic N) is 1. The second-order valence-corrected chi connectivity index (χ2v) is 6.33. The molecule has 0 fully saturated rings. The minimum absolute atomic E-state index is 0.125. The molecule has 0 saturated carbocycles. The van der Waals surface area contributed by atoms with Crippen molar-refractivity contribution < 1.29 is 23.2 Å². The monoisotopic (exact) mass is 287 g/mol. The summed E-state index contributed by atoms with van der Waals surface area (Å²) in [7, 11) is -3.56. The van der Waals surface area contributed by atoms with Crippen LogP contribution in [0.3, 0.4) is 0 Å². The van der Waals surface area contributed by atoms with Crippen molar-refractivity contribution in [2.75, 3.05) is 5.75 Å². The van der Waals surface area contributed by atoms with E-state index in [9.17, 15) is 23.3 Å². The molecule has 19 heavy (non-hydrogen) atoms. The number of benzene rings is 1. The number of carboxylic acid groups (broad SMARTS) is 1. The molecule has 1 atom stereocenters. The Labute approximate surface area is 109 Å². The fraction of sp³-hybridized carbons (Fsp3) is 0.364. The average molecular weight is 287 g/mol. The van der Waals surface area contributed by atoms with E-state index in [2.05, 4.69) is 0 Å². The fourth-order valence-corrected chi connectivity index (χ4v) is 3.20. The molecule has 1 aromatic carbocycles. The lowest BCUT2D eigenvalue weighted by Gasteiger charge is -2.07. The summed E-state index contributed by atoms with van der Waals surface area (Å²) < 4.78 is 23.5. The van der Waals surface area contributed by atoms with Gasteiger partial charge in [-0.2, -0.15) is 0 Å². The van der Waals surface area contributed by atoms with Gasteiger partial charge in [-0.15, -0.1) is 0 Å². The van der Waals surface area contributed by atoms with Gasteiger partial charge < -0.3 is 5.11 Å². The van der Waals surface area contributed by atoms with Crippen LogP contribution in [-0.2, 0) is 20.4 Å². The first-order valence-electron chi connectivity index (χ1n) is 5.38. The van der Waals surface area contributed by atoms with Gasteiger partial charge in [-0.05, 0) is 5.56 Å². The van der Waals surface area contributed by atoms with Gasteiger partial charge in [-0.1, -0.05) is 19.1 Å². The fourth-order valence-electron chi connectivity index (χ4n) is 1.48. The van der Waals surface area contributed by atoms with Crippen LogP contribution in [0.2, 0.25) is 0 Å². The van der Waals surface area contributed by atoms with Gasteiger partial charge in [-0.25, -0.2) is 8.42 Å². The number of nitro groups is 1. The summed E-state index contributed by atoms with van der Waals surface area (Å²) in [6, 6.07) is 5.12. The van der Waals surface area contributed by atoms with E-state index in [-0.39, 0.29) is 11.4 Å². The van der Waals surface area contributed by atoms with Gasteiger partial charge in [0.05, 0.1) is 22.3 Å². The van der Waals surface area contributed by atoms with Gasteiger partial charge in [0.25, 0.3) is 5.69 Å². The van der Waals surface area contributed by atoms with Crippen LogP contribution in [0.25, 0.3) is 0 Å². The van der Waals surface area contributed by atoms with Crippen LogP contribution in [-0.4, -0.2) is 30.2 Å². The molecule has 1 aromatic rings. The molecule has 0 saturated heterocycles. The van der Waals surface area contributed by atoms with E-state index in [0.29, 0.717) is 5.56 Å². The molecule has 0 aliphatic carbocycles. The van der Waals surface area contributed by atoms with Gasteiger partial charge in [0.2, 0.25) is 0 Å². The van der Waals surface area contributed by atoms with Crippen molar-refractivity contribution >= 4 is 21.5 Å². The Hall–Kier alpha value is -1.96. The maximum atomic E-state index is 11.7. The standard InChI is InChI=1S/C11H13NO6S/c1-8(11(13)14)6-19(17,18)7-9-2-4-10(5-3-9)12(15)16/h2-5,8H,6-7H2,1H3,(H,13,14). The number of non-ortho nitro benzene ring substituents is 1. The molecule has 0 aliphatic heterocycles. The van der Waals surface area contributed by atoms with Gasteiger partial charge in [0.1, 0.15) is 0 Å². The summed E-state index contributed by atoms with van der Waals surface area (Å²) in [6.07, 6.45) is 0. The van der Waals surface area contributed by atoms with Gasteiger partial charge >= 0.3 is 5.97 Å². The van der Waals surface area contributed by atoms with Gasteiger partial charge in [0.15, 0.2) is 9.84 Å². The number of carboxylic acids is 1. The predicted molar refractivity (Wildman–Crippen MR) is 67.4 cm³/mol. The Morgan fingerprint density at radius 3 is 2.32 bits per heavy atom. The molecule has 1 rings (SSSR count). The highest BCUT2D eigenvalue weighted by molar-refractivity contribution is 7.90. The molecule has 0 bridgehead atoms. The minimum atomic E-state index is -3.56. The molecule has 7 nitrogen and oxygen atoms in total. The molecule has 0 aromatic heterocycles. The SMILES string of the molecule is CC(CS(=O)(=O)Cc1ccc([N+](=O)[O-])cc1)C(=O)O. The molecule has 0 radical (unpaired) electrons. The number of aliphatic carboxylic acids is 1. The molecule has 104 valence electrons. The van der Waals surface area contributed by atoms with Crippen LogP contribution in [0, 0.1) is 16.0 Å². The van der Waals surface area contributed by atoms with E-state index in [1.165, 1.54) is 31.2 Å². The summed E-state index contributed by atoms with van der Waals surface area (Å²) in [4.78, 5) is 20.5. The zero-order valence-corrected chi connectivity index (χ0v) is 11.0. The van der Waals surface area contributed by atoms with Crippen LogP contribution < -0.4 is 0 Å². The van der Waals surface area contributed by atoms with E-state index in [4.69, 9.17) is 5.11 Å². The van der Waals surface area contributed by atoms with Crippen molar-refractivity contribution in [1.82, 2.24) is 0 Å². The highest BCUT2D eigenvalue weighted by Crippen LogP contribution is 2.15. The third-order valence-corrected chi connectivity index (χ3v) is 4.24. The Balaban J connectivity index is 2.78. The number of nitro benzene ring substituents is 1. The molecule has 8 heteroatoms. The Morgan fingerprint density at radius 1 is 1.37 bits per heavy atom. The number of carbonyl (C=O) groups is 1. The van der Waals surface area contributed by atoms with Crippen molar-refractivity contribution in [3.05, 3.63) is 39.9 Å². The second kappa shape index (κ2) is 5.79. The Bertz CT molecular complexity index is 578. The lowest BCUT2D eigenvalue weighted by Crippen LogP contribution is -2.22. The molecule has 0 spiro atoms. The van der Waals surface area contributed by atoms with Crippen LogP contribution in [0.1, 0.15) is 12.5 Å². The van der Waals surface area contributed by atoms with E-state index in [0.717, 1.165) is 0 Å². The summed E-state index contributed by atoms with van der Waals surface area (Å²) >= 11 is 0. The first-order chi connectivity index (χ1) is 8.71. The van der Waals surface area contributed by atoms with Gasteiger partial charge in [0, 0.05) is 12.1 Å². The number of rotatable bonds is 6. The van der Waals surface area contributed by atoms with Crippen molar-refractivity contribution in [2.45, 2.75) is 12.7 Å². The first kappa shape index (κ1) is 15.1. The van der Waals surface area contributed by atoms with Crippen LogP contribution in [0.15, 0.2) is 24.3 Å². The number of hydrogen-bond donors (Lipinski definition) is 1. The van der Waals surface area contributed by atoms with Crippen LogP contribution in [0.4, 0.5) is 5.69 Å². The molecular weight excluding hydrogens is 274 g/mol. The highest BCUT2D eigenvalue weighted by atomic mass is 32.2. The topological polar surface area (TPSA) is 115 Å². The zero-order chi connectivity index (χ0) is 14.6. The smallest absolute Gasteiger partial charge is 0.307 e. The first-order valence-corrected chi connectivity index (χ1v) is 7.20. The molecule has 0 heterocycles. The summed E-state index contributed by atoms with van der Waals surface area (Å²) in [6.45, 7) is 1.32. The Kier molecular flexibility index (Phi) is 4.60. The summed E-state index contributed by atoms with van der Waals surface area (Å²) in [5.74, 6) is -2.95. The second-order valence-electron chi connectivity index (χ2n) is 4.22. The minimum Gasteiger partial charge on any atom is -0.481 e. The quantitative estimate of drug-likeness (QED) is 0.621. The van der Waals surface area contributed by atoms with Crippen molar-refractivity contribution in [3.63, 3.8) is 0 Å². The maximum absolute atomic E-state index is 11.7. The van der Waals surface area contributed by atoms with Crippen molar-refractivity contribution in [2.24, 2.45) is 5.92 Å². The van der Waals surface area contributed by atoms with Crippen molar-refractivity contribution in [1.29, 1.82) is 0 Å². The molecule has 0 aliphatic rings. The van der Waals surface area contributed by atoms with E-state index in [1.54, 1.807) is 0 Å². The van der Waals surface area contributed by atoms with E-state index < -0.39 is 32.4 Å². The third kappa shape index (κ3) is 4.66. The summed E-state index contributed by atoms with van der Waals surface area (Å²) in [5.41, 5.74) is 0.267. The predicted octanol–water partition coefficient (Wildman–Crippen LogP) is 1.23.